The molecule has 0 aliphatic carbocycles. The van der Waals surface area contributed by atoms with E-state index < -0.39 is 0 Å². The molecule has 1 unspecified atom stereocenters. The van der Waals surface area contributed by atoms with Crippen molar-refractivity contribution in [3.8, 4) is 11.1 Å². The normalized spacial score (nSPS) is 14.9. The second-order valence-electron chi connectivity index (χ2n) is 13.0. The molecular formula is C45H28N4O2. The minimum absolute atomic E-state index is 0.331. The van der Waals surface area contributed by atoms with Crippen molar-refractivity contribution in [1.29, 1.82) is 0 Å². The number of nitrogens with zero attached hydrogens (tertiary/aromatic N) is 3. The first-order valence-electron chi connectivity index (χ1n) is 17.1. The number of hydrogen-bond acceptors (Lipinski definition) is 5. The van der Waals surface area contributed by atoms with Gasteiger partial charge in [0.15, 0.2) is 0 Å². The Hall–Kier alpha value is -6.92. The van der Waals surface area contributed by atoms with E-state index in [-0.39, 0.29) is 6.17 Å². The van der Waals surface area contributed by atoms with Crippen LogP contribution < -0.4 is 5.32 Å². The highest BCUT2D eigenvalue weighted by molar-refractivity contribution is 6.20. The second kappa shape index (κ2) is 10.8. The Morgan fingerprint density at radius 3 is 1.98 bits per heavy atom. The minimum atomic E-state index is -0.331. The summed E-state index contributed by atoms with van der Waals surface area (Å²) in [7, 11) is 0. The molecule has 0 bridgehead atoms. The molecule has 7 aromatic carbocycles. The molecule has 4 heterocycles. The smallest absolute Gasteiger partial charge is 0.234 e. The van der Waals surface area contributed by atoms with Gasteiger partial charge in [0.1, 0.15) is 34.3 Å². The molecular weight excluding hydrogens is 629 g/mol. The lowest BCUT2D eigenvalue weighted by atomic mass is 9.97. The van der Waals surface area contributed by atoms with Gasteiger partial charge in [-0.1, -0.05) is 115 Å². The van der Waals surface area contributed by atoms with Gasteiger partial charge in [-0.15, -0.1) is 0 Å². The van der Waals surface area contributed by atoms with Crippen molar-refractivity contribution in [3.63, 3.8) is 0 Å². The molecule has 0 radical (unpaired) electrons. The Kier molecular flexibility index (Phi) is 5.92. The lowest BCUT2D eigenvalue weighted by Gasteiger charge is -2.24. The number of fused-ring (bicyclic) bond motifs is 9. The summed E-state index contributed by atoms with van der Waals surface area (Å²) in [5.74, 6) is 1.38. The Morgan fingerprint density at radius 1 is 0.510 bits per heavy atom. The lowest BCUT2D eigenvalue weighted by molar-refractivity contribution is 0.667. The molecule has 1 atom stereocenters. The molecule has 51 heavy (non-hydrogen) atoms. The maximum absolute atomic E-state index is 6.67. The average Bonchev–Trinajstić information content (AvgIpc) is 3.87. The van der Waals surface area contributed by atoms with E-state index in [1.165, 1.54) is 10.8 Å². The quantitative estimate of drug-likeness (QED) is 0.206. The van der Waals surface area contributed by atoms with Gasteiger partial charge in [-0.2, -0.15) is 4.99 Å². The highest BCUT2D eigenvalue weighted by atomic mass is 16.3. The van der Waals surface area contributed by atoms with Crippen LogP contribution in [-0.4, -0.2) is 16.4 Å². The maximum Gasteiger partial charge on any atom is 0.234 e. The fraction of sp³-hybridized carbons (Fsp3) is 0.0222. The van der Waals surface area contributed by atoms with Crippen LogP contribution >= 0.6 is 0 Å². The molecule has 0 fully saturated rings. The van der Waals surface area contributed by atoms with E-state index in [9.17, 15) is 0 Å². The molecule has 240 valence electrons. The first-order chi connectivity index (χ1) is 25.3. The molecule has 0 saturated carbocycles. The Labute approximate surface area is 291 Å². The van der Waals surface area contributed by atoms with E-state index in [2.05, 4.69) is 125 Å². The molecule has 1 aliphatic heterocycles. The van der Waals surface area contributed by atoms with Crippen molar-refractivity contribution in [3.05, 3.63) is 169 Å². The van der Waals surface area contributed by atoms with Crippen LogP contribution in [0, 0.1) is 0 Å². The Morgan fingerprint density at radius 2 is 1.16 bits per heavy atom. The molecule has 1 N–H and O–H groups in total. The van der Waals surface area contributed by atoms with Crippen molar-refractivity contribution < 1.29 is 8.83 Å². The average molecular weight is 657 g/mol. The van der Waals surface area contributed by atoms with Crippen LogP contribution in [0.25, 0.3) is 76.8 Å². The summed E-state index contributed by atoms with van der Waals surface area (Å²) in [5.41, 5.74) is 9.65. The zero-order valence-corrected chi connectivity index (χ0v) is 27.2. The van der Waals surface area contributed by atoms with Crippen LogP contribution in [0.2, 0.25) is 0 Å². The predicted molar refractivity (Wildman–Crippen MR) is 208 cm³/mol. The summed E-state index contributed by atoms with van der Waals surface area (Å²) in [6.45, 7) is 0. The van der Waals surface area contributed by atoms with E-state index in [0.717, 1.165) is 83.0 Å². The van der Waals surface area contributed by atoms with Gasteiger partial charge in [-0.05, 0) is 53.6 Å². The molecule has 0 amide bonds. The molecule has 1 aliphatic rings. The SMILES string of the molecule is c1ccc(C2N=C(n3c4ccccc4c4ccccc43)N=C(c3ccc4oc5c(-c6cccc7oc8ccccc8c67)cccc5c4c3)N2)cc1. The van der Waals surface area contributed by atoms with Gasteiger partial charge in [-0.3, -0.25) is 4.57 Å². The third kappa shape index (κ3) is 4.23. The standard InChI is InChI=1S/C45H28N4O2/c1-2-12-27(13-3-1)43-46-44(48-45(47-43)49-36-20-7-4-14-29(36)30-15-5-8-21-37(30)49)28-24-25-39-35(26-28)33-19-10-18-32(42(33)51-39)31-17-11-23-40-41(31)34-16-6-9-22-38(34)50-40/h1-26,43H,(H,46,47,48). The second-order valence-corrected chi connectivity index (χ2v) is 13.0. The molecule has 0 saturated heterocycles. The Bertz CT molecular complexity index is 3020. The fourth-order valence-corrected chi connectivity index (χ4v) is 7.78. The largest absolute Gasteiger partial charge is 0.456 e. The van der Waals surface area contributed by atoms with Gasteiger partial charge in [0.2, 0.25) is 5.96 Å². The topological polar surface area (TPSA) is 68.0 Å². The Balaban J connectivity index is 1.10. The highest BCUT2D eigenvalue weighted by Gasteiger charge is 2.25. The zero-order chi connectivity index (χ0) is 33.5. The third-order valence-corrected chi connectivity index (χ3v) is 10.1. The van der Waals surface area contributed by atoms with Gasteiger partial charge < -0.3 is 14.2 Å². The number of furan rings is 2. The van der Waals surface area contributed by atoms with E-state index >= 15 is 0 Å². The molecule has 10 aromatic rings. The van der Waals surface area contributed by atoms with Crippen LogP contribution in [0.15, 0.2) is 177 Å². The highest BCUT2D eigenvalue weighted by Crippen LogP contribution is 2.42. The van der Waals surface area contributed by atoms with Gasteiger partial charge in [0.25, 0.3) is 0 Å². The van der Waals surface area contributed by atoms with Crippen LogP contribution in [0.5, 0.6) is 0 Å². The van der Waals surface area contributed by atoms with E-state index in [1.807, 2.05) is 42.5 Å². The van der Waals surface area contributed by atoms with Crippen LogP contribution in [0.1, 0.15) is 17.3 Å². The molecule has 6 heteroatoms. The van der Waals surface area contributed by atoms with Crippen LogP contribution in [0.3, 0.4) is 0 Å². The number of aromatic nitrogens is 1. The van der Waals surface area contributed by atoms with Crippen molar-refractivity contribution in [2.45, 2.75) is 6.17 Å². The molecule has 11 rings (SSSR count). The minimum Gasteiger partial charge on any atom is -0.456 e. The van der Waals surface area contributed by atoms with Crippen molar-refractivity contribution in [2.24, 2.45) is 9.98 Å². The van der Waals surface area contributed by atoms with Crippen molar-refractivity contribution >= 4 is 77.5 Å². The lowest BCUT2D eigenvalue weighted by Crippen LogP contribution is -2.35. The first kappa shape index (κ1) is 28.0. The number of hydrogen-bond donors (Lipinski definition) is 1. The third-order valence-electron chi connectivity index (χ3n) is 10.1. The summed E-state index contributed by atoms with van der Waals surface area (Å²) in [4.78, 5) is 10.5. The van der Waals surface area contributed by atoms with Crippen LogP contribution in [0.4, 0.5) is 0 Å². The summed E-state index contributed by atoms with van der Waals surface area (Å²) < 4.78 is 15.1. The van der Waals surface area contributed by atoms with E-state index in [1.54, 1.807) is 0 Å². The number of rotatable bonds is 3. The van der Waals surface area contributed by atoms with Gasteiger partial charge in [0.05, 0.1) is 11.0 Å². The number of aliphatic imine (C=N–C) groups is 2. The summed E-state index contributed by atoms with van der Waals surface area (Å²) in [5, 5.41) is 10.2. The summed E-state index contributed by atoms with van der Waals surface area (Å²) in [6.07, 6.45) is -0.331. The summed E-state index contributed by atoms with van der Waals surface area (Å²) >= 11 is 0. The number of nitrogens with one attached hydrogen (secondary N) is 1. The zero-order valence-electron chi connectivity index (χ0n) is 27.2. The van der Waals surface area contributed by atoms with E-state index in [0.29, 0.717) is 5.96 Å². The molecule has 3 aromatic heterocycles. The van der Waals surface area contributed by atoms with Gasteiger partial charge in [-0.25, -0.2) is 4.99 Å². The van der Waals surface area contributed by atoms with Crippen molar-refractivity contribution in [1.82, 2.24) is 9.88 Å². The summed E-state index contributed by atoms with van der Waals surface area (Å²) in [6, 6.07) is 54.4. The first-order valence-corrected chi connectivity index (χ1v) is 17.1. The number of amidine groups is 1. The monoisotopic (exact) mass is 656 g/mol. The van der Waals surface area contributed by atoms with Crippen LogP contribution in [-0.2, 0) is 0 Å². The van der Waals surface area contributed by atoms with Gasteiger partial charge in [0, 0.05) is 43.4 Å². The number of para-hydroxylation sites is 4. The maximum atomic E-state index is 6.67. The molecule has 6 nitrogen and oxygen atoms in total. The molecule has 0 spiro atoms. The predicted octanol–water partition coefficient (Wildman–Crippen LogP) is 11.2. The fourth-order valence-electron chi connectivity index (χ4n) is 7.78. The number of benzene rings is 7. The van der Waals surface area contributed by atoms with Crippen molar-refractivity contribution in [2.75, 3.05) is 0 Å². The van der Waals surface area contributed by atoms with E-state index in [4.69, 9.17) is 18.8 Å². The van der Waals surface area contributed by atoms with Gasteiger partial charge >= 0.3 is 0 Å².